The molecule has 2 unspecified atom stereocenters. The number of hydrogen-bond acceptors (Lipinski definition) is 11. The molecule has 2 aliphatic rings. The first-order valence-corrected chi connectivity index (χ1v) is 19.6. The van der Waals surface area contributed by atoms with Gasteiger partial charge in [0.15, 0.2) is 11.3 Å². The first-order valence-electron chi connectivity index (χ1n) is 19.2. The largest absolute Gasteiger partial charge is 0.387 e. The fourth-order valence-corrected chi connectivity index (χ4v) is 8.29. The summed E-state index contributed by atoms with van der Waals surface area (Å²) in [6.07, 6.45) is 7.65. The zero-order valence-electron chi connectivity index (χ0n) is 32.1. The second-order valence-electron chi connectivity index (χ2n) is 15.2. The van der Waals surface area contributed by atoms with Crippen LogP contribution in [0.4, 0.5) is 17.1 Å². The molecule has 0 amide bonds. The number of benzene rings is 1. The lowest BCUT2D eigenvalue weighted by atomic mass is 10.0. The van der Waals surface area contributed by atoms with Crippen molar-refractivity contribution in [2.75, 3.05) is 49.1 Å². The summed E-state index contributed by atoms with van der Waals surface area (Å²) < 4.78 is 3.53. The molecule has 1 aromatic carbocycles. The van der Waals surface area contributed by atoms with Crippen molar-refractivity contribution < 1.29 is 0 Å². The fourth-order valence-electron chi connectivity index (χ4n) is 8.04. The third-order valence-corrected chi connectivity index (χ3v) is 10.9. The van der Waals surface area contributed by atoms with Crippen LogP contribution < -0.4 is 20.4 Å². The predicted molar refractivity (Wildman–Crippen MR) is 226 cm³/mol. The Bertz CT molecular complexity index is 2930. The van der Waals surface area contributed by atoms with Gasteiger partial charge in [0.05, 0.1) is 58.1 Å². The van der Waals surface area contributed by atoms with E-state index in [0.29, 0.717) is 62.4 Å². The number of piperazine rings is 2. The molecule has 7 aromatic heterocycles. The number of aryl methyl sites for hydroxylation is 2. The summed E-state index contributed by atoms with van der Waals surface area (Å²) in [5.41, 5.74) is 9.70. The van der Waals surface area contributed by atoms with Gasteiger partial charge in [0.1, 0.15) is 16.8 Å². The fraction of sp³-hybridized carbons (Fsp3) is 0.286. The van der Waals surface area contributed by atoms with Crippen molar-refractivity contribution in [2.24, 2.45) is 7.05 Å². The minimum Gasteiger partial charge on any atom is -0.368 e. The lowest BCUT2D eigenvalue weighted by Crippen LogP contribution is -2.54. The summed E-state index contributed by atoms with van der Waals surface area (Å²) >= 11 is 6.99. The molecule has 15 heteroatoms. The maximum Gasteiger partial charge on any atom is 0.387 e. The number of aromatic nitrogens is 9. The van der Waals surface area contributed by atoms with E-state index in [-0.39, 0.29) is 0 Å². The van der Waals surface area contributed by atoms with Crippen molar-refractivity contribution in [3.8, 4) is 28.7 Å². The predicted octanol–water partition coefficient (Wildman–Crippen LogP) is 6.41. The minimum atomic E-state index is 0.378. The summed E-state index contributed by atoms with van der Waals surface area (Å²) in [6, 6.07) is 20.2. The Morgan fingerprint density at radius 3 is 2.39 bits per heavy atom. The Hall–Kier alpha value is -6.27. The van der Waals surface area contributed by atoms with Crippen LogP contribution in [-0.4, -0.2) is 95.7 Å². The quantitative estimate of drug-likeness (QED) is 0.206. The van der Waals surface area contributed by atoms with E-state index in [4.69, 9.17) is 51.6 Å². The van der Waals surface area contributed by atoms with Crippen molar-refractivity contribution in [1.29, 1.82) is 0 Å². The lowest BCUT2D eigenvalue weighted by molar-refractivity contribution is 0.407. The van der Waals surface area contributed by atoms with Crippen LogP contribution in [0, 0.1) is 13.0 Å². The number of halogens is 1. The summed E-state index contributed by atoms with van der Waals surface area (Å²) in [5.74, 6) is 0. The maximum absolute atomic E-state index is 6.99. The highest BCUT2D eigenvalue weighted by molar-refractivity contribution is 6.35. The van der Waals surface area contributed by atoms with Gasteiger partial charge in [0, 0.05) is 86.3 Å². The molecule has 0 bridgehead atoms. The molecule has 2 saturated heterocycles. The summed E-state index contributed by atoms with van der Waals surface area (Å²) in [5, 5.41) is 19.9. The lowest BCUT2D eigenvalue weighted by Gasteiger charge is -2.37. The van der Waals surface area contributed by atoms with Crippen LogP contribution in [0.1, 0.15) is 25.1 Å². The van der Waals surface area contributed by atoms with Gasteiger partial charge in [-0.25, -0.2) is 29.4 Å². The van der Waals surface area contributed by atoms with Gasteiger partial charge >= 0.3 is 11.8 Å². The molecule has 0 aliphatic carbocycles. The SMILES string of the molecule is Cc1cn2nc(-c3ccc4cc(N5CCNCC5)cnc4n3)cc([N+]#Cc3cc(-c4cc(Cl)c5cc(N6CC(C)NC(C)C6)cnc5n4)cc4cn(C)nc34)c2n1. The normalized spacial score (nSPS) is 17.5. The first-order chi connectivity index (χ1) is 27.7. The van der Waals surface area contributed by atoms with Crippen LogP contribution >= 0.6 is 11.6 Å². The van der Waals surface area contributed by atoms with Gasteiger partial charge in [-0.3, -0.25) is 4.68 Å². The van der Waals surface area contributed by atoms with E-state index in [1.54, 1.807) is 9.20 Å². The molecular formula is C42H40ClN14+. The number of nitrogens with zero attached hydrogens (tertiary/aromatic N) is 12. The van der Waals surface area contributed by atoms with Crippen LogP contribution in [0.2, 0.25) is 5.02 Å². The molecule has 14 nitrogen and oxygen atoms in total. The number of hydrogen-bond donors (Lipinski definition) is 2. The van der Waals surface area contributed by atoms with E-state index in [9.17, 15) is 0 Å². The third kappa shape index (κ3) is 6.73. The number of nitrogens with one attached hydrogen (secondary N) is 2. The molecule has 10 rings (SSSR count). The van der Waals surface area contributed by atoms with Crippen LogP contribution in [0.3, 0.4) is 0 Å². The molecule has 2 N–H and O–H groups in total. The number of fused-ring (bicyclic) bond motifs is 4. The Labute approximate surface area is 333 Å². The zero-order chi connectivity index (χ0) is 38.8. The smallest absolute Gasteiger partial charge is 0.368 e. The molecule has 8 aromatic rings. The number of anilines is 2. The van der Waals surface area contributed by atoms with Crippen LogP contribution in [0.5, 0.6) is 0 Å². The van der Waals surface area contributed by atoms with Gasteiger partial charge in [-0.2, -0.15) is 10.2 Å². The molecular weight excluding hydrogens is 736 g/mol. The molecule has 2 aliphatic heterocycles. The van der Waals surface area contributed by atoms with Crippen LogP contribution in [0.25, 0.3) is 66.1 Å². The first kappa shape index (κ1) is 35.2. The number of pyridine rings is 4. The molecule has 2 fully saturated rings. The van der Waals surface area contributed by atoms with Crippen LogP contribution in [0.15, 0.2) is 73.3 Å². The van der Waals surface area contributed by atoms with E-state index in [1.807, 2.05) is 63.0 Å². The second kappa shape index (κ2) is 14.0. The molecule has 57 heavy (non-hydrogen) atoms. The van der Waals surface area contributed by atoms with E-state index in [0.717, 1.165) is 83.6 Å². The molecule has 0 saturated carbocycles. The van der Waals surface area contributed by atoms with Gasteiger partial charge in [-0.05, 0) is 68.1 Å². The van der Waals surface area contributed by atoms with Crippen molar-refractivity contribution in [3.05, 3.63) is 94.4 Å². The average Bonchev–Trinajstić information content (AvgIpc) is 3.79. The van der Waals surface area contributed by atoms with Crippen molar-refractivity contribution in [3.63, 3.8) is 0 Å². The van der Waals surface area contributed by atoms with Gasteiger partial charge < -0.3 is 20.4 Å². The van der Waals surface area contributed by atoms with Crippen LogP contribution in [-0.2, 0) is 7.05 Å². The maximum atomic E-state index is 6.99. The Balaban J connectivity index is 1.02. The second-order valence-corrected chi connectivity index (χ2v) is 15.6. The zero-order valence-corrected chi connectivity index (χ0v) is 32.8. The van der Waals surface area contributed by atoms with Crippen molar-refractivity contribution >= 4 is 67.3 Å². The van der Waals surface area contributed by atoms with Gasteiger partial charge in [0.2, 0.25) is 5.65 Å². The average molecular weight is 776 g/mol. The number of imidazole rings is 1. The topological polar surface area (TPSA) is 134 Å². The third-order valence-electron chi connectivity index (χ3n) is 10.6. The summed E-state index contributed by atoms with van der Waals surface area (Å²) in [6.45, 7) is 12.0. The Morgan fingerprint density at radius 1 is 0.789 bits per heavy atom. The van der Waals surface area contributed by atoms with E-state index >= 15 is 0 Å². The summed E-state index contributed by atoms with van der Waals surface area (Å²) in [7, 11) is 1.90. The molecule has 9 heterocycles. The molecule has 284 valence electrons. The Morgan fingerprint density at radius 2 is 1.56 bits per heavy atom. The van der Waals surface area contributed by atoms with E-state index in [2.05, 4.69) is 64.6 Å². The van der Waals surface area contributed by atoms with Crippen molar-refractivity contribution in [2.45, 2.75) is 32.9 Å². The number of rotatable bonds is 4. The minimum absolute atomic E-state index is 0.378. The highest BCUT2D eigenvalue weighted by atomic mass is 35.5. The molecule has 0 radical (unpaired) electrons. The molecule has 2 atom stereocenters. The van der Waals surface area contributed by atoms with Crippen molar-refractivity contribution in [1.82, 2.24) is 54.9 Å². The van der Waals surface area contributed by atoms with Gasteiger partial charge in [0.25, 0.3) is 0 Å². The van der Waals surface area contributed by atoms with Gasteiger partial charge in [-0.15, -0.1) is 0 Å². The van der Waals surface area contributed by atoms with E-state index in [1.165, 1.54) is 0 Å². The Kier molecular flexibility index (Phi) is 8.66. The van der Waals surface area contributed by atoms with E-state index < -0.39 is 0 Å². The summed E-state index contributed by atoms with van der Waals surface area (Å²) in [4.78, 5) is 33.8. The molecule has 0 spiro atoms. The highest BCUT2D eigenvalue weighted by Gasteiger charge is 2.23. The monoisotopic (exact) mass is 775 g/mol. The van der Waals surface area contributed by atoms with Gasteiger partial charge in [-0.1, -0.05) is 11.6 Å². The highest BCUT2D eigenvalue weighted by Crippen LogP contribution is 2.34. The standard InChI is InChI=1S/C42H40ClN14/c1-24-20-56(21-25(2)48-24)32-14-33-34(43)15-36(51-41(33)47-19-32)28-11-29(39-30(12-28)23-54(4)53-39)17-45-38-16-37(52-57-22-26(3)49-42(38)57)35-6-5-27-13-31(18-46-40(27)50-35)55-9-7-44-8-10-55/h5-6,11-16,18-19,22-25,44,48H,7-10,20-21H2,1-4H3/q+1.